The lowest BCUT2D eigenvalue weighted by molar-refractivity contribution is 0.567. The molecule has 7 nitrogen and oxygen atoms in total. The normalized spacial score (nSPS) is 16.5. The van der Waals surface area contributed by atoms with Crippen LogP contribution in [0.5, 0.6) is 0 Å². The minimum absolute atomic E-state index is 0.304. The van der Waals surface area contributed by atoms with E-state index in [-0.39, 0.29) is 0 Å². The fraction of sp³-hybridized carbons (Fsp3) is 0.364. The van der Waals surface area contributed by atoms with Crippen LogP contribution in [-0.4, -0.2) is 39.1 Å². The van der Waals surface area contributed by atoms with Gasteiger partial charge in [0.1, 0.15) is 0 Å². The maximum absolute atomic E-state index is 4.77. The number of pyridine rings is 1. The van der Waals surface area contributed by atoms with Crippen LogP contribution in [0.4, 0.5) is 23.5 Å². The predicted octanol–water partition coefficient (Wildman–Crippen LogP) is 3.58. The van der Waals surface area contributed by atoms with E-state index in [1.807, 2.05) is 12.1 Å². The number of piperidine rings is 1. The number of fused-ring (bicyclic) bond motifs is 1. The van der Waals surface area contributed by atoms with Gasteiger partial charge in [0.15, 0.2) is 0 Å². The highest BCUT2D eigenvalue weighted by atomic mass is 15.3. The number of aromatic nitrogens is 4. The molecule has 3 heterocycles. The molecule has 1 aromatic carbocycles. The fourth-order valence-corrected chi connectivity index (χ4v) is 4.13. The topological polar surface area (TPSA) is 78.9 Å². The van der Waals surface area contributed by atoms with Crippen molar-refractivity contribution < 1.29 is 0 Å². The van der Waals surface area contributed by atoms with Crippen LogP contribution in [-0.2, 0) is 12.8 Å². The van der Waals surface area contributed by atoms with Crippen molar-refractivity contribution in [2.24, 2.45) is 0 Å². The summed E-state index contributed by atoms with van der Waals surface area (Å²) in [6, 6.07) is 12.7. The summed E-state index contributed by atoms with van der Waals surface area (Å²) >= 11 is 0. The Balaban J connectivity index is 1.40. The van der Waals surface area contributed by atoms with Crippen LogP contribution in [0.1, 0.15) is 30.4 Å². The van der Waals surface area contributed by atoms with Crippen molar-refractivity contribution in [3.63, 3.8) is 0 Å². The lowest BCUT2D eigenvalue weighted by atomic mass is 10.1. The summed E-state index contributed by atoms with van der Waals surface area (Å²) in [4.78, 5) is 20.5. The Kier molecular flexibility index (Phi) is 4.94. The largest absolute Gasteiger partial charge is 0.351 e. The number of benzene rings is 1. The molecule has 1 aliphatic carbocycles. The van der Waals surface area contributed by atoms with E-state index >= 15 is 0 Å². The Morgan fingerprint density at radius 1 is 0.793 bits per heavy atom. The van der Waals surface area contributed by atoms with Gasteiger partial charge in [0, 0.05) is 37.2 Å². The molecule has 0 bridgehead atoms. The zero-order valence-electron chi connectivity index (χ0n) is 16.4. The van der Waals surface area contributed by atoms with Crippen molar-refractivity contribution >= 4 is 23.5 Å². The van der Waals surface area contributed by atoms with E-state index in [9.17, 15) is 0 Å². The van der Waals surface area contributed by atoms with Crippen molar-refractivity contribution in [2.45, 2.75) is 38.1 Å². The van der Waals surface area contributed by atoms with Gasteiger partial charge >= 0.3 is 0 Å². The molecule has 2 N–H and O–H groups in total. The third kappa shape index (κ3) is 4.13. The summed E-state index contributed by atoms with van der Waals surface area (Å²) in [6.45, 7) is 1.99. The lowest BCUT2D eigenvalue weighted by Crippen LogP contribution is -2.32. The molecule has 148 valence electrons. The smallest absolute Gasteiger partial charge is 0.233 e. The molecule has 1 aliphatic heterocycles. The van der Waals surface area contributed by atoms with E-state index in [1.165, 1.54) is 30.4 Å². The Bertz CT molecular complexity index is 945. The van der Waals surface area contributed by atoms with Crippen molar-refractivity contribution in [1.29, 1.82) is 0 Å². The molecule has 2 aliphatic rings. The summed E-state index contributed by atoms with van der Waals surface area (Å²) in [7, 11) is 0. The predicted molar refractivity (Wildman–Crippen MR) is 115 cm³/mol. The molecule has 3 aromatic rings. The molecule has 1 saturated heterocycles. The van der Waals surface area contributed by atoms with Gasteiger partial charge in [-0.15, -0.1) is 0 Å². The van der Waals surface area contributed by atoms with Crippen molar-refractivity contribution in [1.82, 2.24) is 19.9 Å². The number of hydrogen-bond donors (Lipinski definition) is 2. The SMILES string of the molecule is c1ccc2c(c1)CC(Nc1nc(Nc3ccncc3)nc(N3CCCCC3)n1)C2. The monoisotopic (exact) mass is 387 g/mol. The highest BCUT2D eigenvalue weighted by Gasteiger charge is 2.23. The summed E-state index contributed by atoms with van der Waals surface area (Å²) in [5, 5.41) is 6.85. The van der Waals surface area contributed by atoms with Gasteiger partial charge in [0.05, 0.1) is 0 Å². The van der Waals surface area contributed by atoms with Gasteiger partial charge in [0.25, 0.3) is 0 Å². The number of nitrogens with zero attached hydrogens (tertiary/aromatic N) is 5. The molecule has 0 amide bonds. The standard InChI is InChI=1S/C22H25N7/c1-4-12-29(13-5-1)22-27-20(24-18-8-10-23-11-9-18)26-21(28-22)25-19-14-16-6-2-3-7-17(16)15-19/h2-3,6-11,19H,1,4-5,12-15H2,(H2,23,24,25,26,27,28). The zero-order valence-corrected chi connectivity index (χ0v) is 16.4. The third-order valence-electron chi connectivity index (χ3n) is 5.58. The minimum atomic E-state index is 0.304. The Hall–Kier alpha value is -3.22. The summed E-state index contributed by atoms with van der Waals surface area (Å²) in [5.74, 6) is 1.94. The highest BCUT2D eigenvalue weighted by molar-refractivity contribution is 5.55. The van der Waals surface area contributed by atoms with Gasteiger partial charge in [-0.25, -0.2) is 0 Å². The van der Waals surface area contributed by atoms with Gasteiger partial charge in [-0.1, -0.05) is 24.3 Å². The second kappa shape index (κ2) is 8.03. The van der Waals surface area contributed by atoms with Crippen LogP contribution in [0, 0.1) is 0 Å². The first-order chi connectivity index (χ1) is 14.3. The molecule has 0 radical (unpaired) electrons. The van der Waals surface area contributed by atoms with Crippen LogP contribution in [0.25, 0.3) is 0 Å². The van der Waals surface area contributed by atoms with Crippen LogP contribution in [0.2, 0.25) is 0 Å². The van der Waals surface area contributed by atoms with Gasteiger partial charge in [0.2, 0.25) is 17.8 Å². The first-order valence-corrected chi connectivity index (χ1v) is 10.3. The number of anilines is 4. The lowest BCUT2D eigenvalue weighted by Gasteiger charge is -2.27. The van der Waals surface area contributed by atoms with E-state index in [0.29, 0.717) is 17.9 Å². The molecule has 1 fully saturated rings. The van der Waals surface area contributed by atoms with E-state index in [2.05, 4.69) is 49.8 Å². The third-order valence-corrected chi connectivity index (χ3v) is 5.58. The molecular formula is C22H25N7. The molecule has 7 heteroatoms. The maximum atomic E-state index is 4.77. The Morgan fingerprint density at radius 2 is 1.48 bits per heavy atom. The zero-order chi connectivity index (χ0) is 19.5. The quantitative estimate of drug-likeness (QED) is 0.693. The Labute approximate surface area is 170 Å². The van der Waals surface area contributed by atoms with E-state index in [1.54, 1.807) is 12.4 Å². The van der Waals surface area contributed by atoms with Crippen molar-refractivity contribution in [2.75, 3.05) is 28.6 Å². The first kappa shape index (κ1) is 17.8. The van der Waals surface area contributed by atoms with Crippen molar-refractivity contribution in [3.05, 3.63) is 59.9 Å². The number of nitrogens with one attached hydrogen (secondary N) is 2. The average molecular weight is 387 g/mol. The molecular weight excluding hydrogens is 362 g/mol. The van der Waals surface area contributed by atoms with Gasteiger partial charge in [-0.2, -0.15) is 15.0 Å². The first-order valence-electron chi connectivity index (χ1n) is 10.3. The maximum Gasteiger partial charge on any atom is 0.233 e. The van der Waals surface area contributed by atoms with Crippen LogP contribution in [0.15, 0.2) is 48.8 Å². The summed E-state index contributed by atoms with van der Waals surface area (Å²) in [6.07, 6.45) is 9.13. The second-order valence-electron chi connectivity index (χ2n) is 7.71. The van der Waals surface area contributed by atoms with Gasteiger partial charge in [-0.3, -0.25) is 4.98 Å². The van der Waals surface area contributed by atoms with E-state index < -0.39 is 0 Å². The van der Waals surface area contributed by atoms with Crippen molar-refractivity contribution in [3.8, 4) is 0 Å². The summed E-state index contributed by atoms with van der Waals surface area (Å²) < 4.78 is 0. The molecule has 0 unspecified atom stereocenters. The van der Waals surface area contributed by atoms with Crippen LogP contribution >= 0.6 is 0 Å². The average Bonchev–Trinajstić information content (AvgIpc) is 3.17. The van der Waals surface area contributed by atoms with Gasteiger partial charge < -0.3 is 15.5 Å². The molecule has 0 spiro atoms. The molecule has 5 rings (SSSR count). The molecule has 0 atom stereocenters. The number of hydrogen-bond acceptors (Lipinski definition) is 7. The minimum Gasteiger partial charge on any atom is -0.351 e. The van der Waals surface area contributed by atoms with E-state index in [0.717, 1.165) is 37.6 Å². The number of rotatable bonds is 5. The molecule has 0 saturated carbocycles. The summed E-state index contributed by atoms with van der Waals surface area (Å²) in [5.41, 5.74) is 3.73. The molecule has 29 heavy (non-hydrogen) atoms. The van der Waals surface area contributed by atoms with Crippen LogP contribution < -0.4 is 15.5 Å². The molecule has 2 aromatic heterocycles. The highest BCUT2D eigenvalue weighted by Crippen LogP contribution is 2.25. The Morgan fingerprint density at radius 3 is 2.21 bits per heavy atom. The van der Waals surface area contributed by atoms with Crippen LogP contribution in [0.3, 0.4) is 0 Å². The van der Waals surface area contributed by atoms with Gasteiger partial charge in [-0.05, 0) is 55.4 Å². The fourth-order valence-electron chi connectivity index (χ4n) is 4.13. The second-order valence-corrected chi connectivity index (χ2v) is 7.71. The van der Waals surface area contributed by atoms with E-state index in [4.69, 9.17) is 9.97 Å².